The quantitative estimate of drug-likeness (QED) is 0.855. The third kappa shape index (κ3) is 3.73. The van der Waals surface area contributed by atoms with Crippen molar-refractivity contribution >= 4 is 21.6 Å². The van der Waals surface area contributed by atoms with Crippen LogP contribution >= 0.6 is 0 Å². The van der Waals surface area contributed by atoms with Crippen LogP contribution in [0.3, 0.4) is 0 Å². The average molecular weight is 350 g/mol. The van der Waals surface area contributed by atoms with Crippen molar-refractivity contribution in [2.45, 2.75) is 19.0 Å². The molecule has 0 spiro atoms. The summed E-state index contributed by atoms with van der Waals surface area (Å²) in [5, 5.41) is 10.9. The molecular formula is C15H18N4O4S. The summed E-state index contributed by atoms with van der Waals surface area (Å²) in [4.78, 5) is 13.8. The van der Waals surface area contributed by atoms with Crippen LogP contribution in [0.15, 0.2) is 34.9 Å². The lowest BCUT2D eigenvalue weighted by atomic mass is 10.2. The van der Waals surface area contributed by atoms with E-state index in [4.69, 9.17) is 4.42 Å². The zero-order chi connectivity index (χ0) is 17.2. The van der Waals surface area contributed by atoms with Gasteiger partial charge in [0.1, 0.15) is 11.6 Å². The Labute approximate surface area is 139 Å². The molecule has 1 amide bonds. The van der Waals surface area contributed by atoms with Crippen molar-refractivity contribution in [3.63, 3.8) is 0 Å². The molecule has 8 nitrogen and oxygen atoms in total. The van der Waals surface area contributed by atoms with Crippen molar-refractivity contribution in [2.75, 3.05) is 23.9 Å². The van der Waals surface area contributed by atoms with Crippen molar-refractivity contribution in [3.8, 4) is 0 Å². The molecule has 1 aliphatic rings. The van der Waals surface area contributed by atoms with Gasteiger partial charge in [-0.05, 0) is 30.7 Å². The molecule has 0 radical (unpaired) electrons. The van der Waals surface area contributed by atoms with Gasteiger partial charge in [0, 0.05) is 13.1 Å². The first kappa shape index (κ1) is 16.4. The largest absolute Gasteiger partial charge is 0.467 e. The number of anilines is 1. The third-order valence-corrected chi connectivity index (χ3v) is 5.73. The third-order valence-electron chi connectivity index (χ3n) is 3.98. The molecule has 0 aromatic carbocycles. The van der Waals surface area contributed by atoms with Gasteiger partial charge >= 0.3 is 0 Å². The summed E-state index contributed by atoms with van der Waals surface area (Å²) in [5.41, 5.74) is 0.186. The van der Waals surface area contributed by atoms with E-state index >= 15 is 0 Å². The minimum absolute atomic E-state index is 0.00541. The first-order chi connectivity index (χ1) is 11.4. The van der Waals surface area contributed by atoms with Gasteiger partial charge < -0.3 is 14.6 Å². The highest BCUT2D eigenvalue weighted by Crippen LogP contribution is 2.18. The highest BCUT2D eigenvalue weighted by Gasteiger charge is 2.33. The van der Waals surface area contributed by atoms with Gasteiger partial charge in [-0.2, -0.15) is 0 Å². The Morgan fingerprint density at radius 1 is 1.38 bits per heavy atom. The van der Waals surface area contributed by atoms with E-state index in [1.54, 1.807) is 31.5 Å². The molecule has 2 aromatic rings. The van der Waals surface area contributed by atoms with E-state index in [1.165, 1.54) is 4.90 Å². The zero-order valence-corrected chi connectivity index (χ0v) is 14.0. The second-order valence-corrected chi connectivity index (χ2v) is 7.94. The van der Waals surface area contributed by atoms with Crippen molar-refractivity contribution < 1.29 is 17.6 Å². The topological polar surface area (TPSA) is 105 Å². The van der Waals surface area contributed by atoms with Gasteiger partial charge in [0.2, 0.25) is 0 Å². The minimum Gasteiger partial charge on any atom is -0.467 e. The van der Waals surface area contributed by atoms with E-state index in [0.717, 1.165) is 5.76 Å². The Morgan fingerprint density at radius 3 is 2.79 bits per heavy atom. The summed E-state index contributed by atoms with van der Waals surface area (Å²) in [6.45, 7) is 0.467. The normalized spacial score (nSPS) is 19.1. The summed E-state index contributed by atoms with van der Waals surface area (Å²) < 4.78 is 28.3. The molecule has 3 heterocycles. The van der Waals surface area contributed by atoms with Crippen molar-refractivity contribution in [1.82, 2.24) is 15.1 Å². The van der Waals surface area contributed by atoms with Crippen LogP contribution < -0.4 is 5.32 Å². The van der Waals surface area contributed by atoms with E-state index in [-0.39, 0.29) is 29.1 Å². The van der Waals surface area contributed by atoms with Gasteiger partial charge in [-0.25, -0.2) is 8.42 Å². The molecule has 3 rings (SSSR count). The molecule has 2 aromatic heterocycles. The molecule has 1 unspecified atom stereocenters. The summed E-state index contributed by atoms with van der Waals surface area (Å²) in [6.07, 6.45) is 2.05. The summed E-state index contributed by atoms with van der Waals surface area (Å²) in [6, 6.07) is 6.55. The van der Waals surface area contributed by atoms with E-state index in [9.17, 15) is 13.2 Å². The number of carbonyl (C=O) groups excluding carboxylic acids is 1. The van der Waals surface area contributed by atoms with E-state index in [0.29, 0.717) is 18.8 Å². The molecule has 128 valence electrons. The van der Waals surface area contributed by atoms with Crippen LogP contribution in [0.25, 0.3) is 0 Å². The highest BCUT2D eigenvalue weighted by molar-refractivity contribution is 7.91. The number of furan rings is 1. The van der Waals surface area contributed by atoms with Crippen LogP contribution in [0.5, 0.6) is 0 Å². The lowest BCUT2D eigenvalue weighted by Gasteiger charge is -2.22. The predicted octanol–water partition coefficient (Wildman–Crippen LogP) is 0.941. The number of rotatable bonds is 5. The molecule has 0 aliphatic carbocycles. The fourth-order valence-corrected chi connectivity index (χ4v) is 4.33. The second-order valence-electron chi connectivity index (χ2n) is 5.71. The van der Waals surface area contributed by atoms with Gasteiger partial charge in [-0.3, -0.25) is 4.79 Å². The van der Waals surface area contributed by atoms with Crippen molar-refractivity contribution in [3.05, 3.63) is 42.0 Å². The number of sulfone groups is 1. The number of amides is 1. The van der Waals surface area contributed by atoms with E-state index < -0.39 is 9.84 Å². The molecule has 1 saturated heterocycles. The summed E-state index contributed by atoms with van der Waals surface area (Å²) in [5.74, 6) is 1.08. The van der Waals surface area contributed by atoms with Crippen molar-refractivity contribution in [2.24, 2.45) is 0 Å². The highest BCUT2D eigenvalue weighted by atomic mass is 32.2. The second kappa shape index (κ2) is 6.60. The van der Waals surface area contributed by atoms with Crippen LogP contribution in [0, 0.1) is 0 Å². The molecule has 0 bridgehead atoms. The van der Waals surface area contributed by atoms with Gasteiger partial charge in [0.15, 0.2) is 15.5 Å². The zero-order valence-electron chi connectivity index (χ0n) is 13.2. The SMILES string of the molecule is CN(C(=O)c1ccc(NCc2ccco2)nn1)C1CCS(=O)(=O)C1. The van der Waals surface area contributed by atoms with Gasteiger partial charge in [0.05, 0.1) is 24.3 Å². The maximum atomic E-state index is 12.4. The lowest BCUT2D eigenvalue weighted by molar-refractivity contribution is 0.0740. The average Bonchev–Trinajstić information content (AvgIpc) is 3.21. The van der Waals surface area contributed by atoms with Crippen LogP contribution in [0.2, 0.25) is 0 Å². The molecule has 0 saturated carbocycles. The van der Waals surface area contributed by atoms with Gasteiger partial charge in [-0.1, -0.05) is 0 Å². The molecular weight excluding hydrogens is 332 g/mol. The molecule has 1 N–H and O–H groups in total. The Kier molecular flexibility index (Phi) is 4.52. The Morgan fingerprint density at radius 2 is 2.21 bits per heavy atom. The number of aromatic nitrogens is 2. The fourth-order valence-electron chi connectivity index (χ4n) is 2.56. The summed E-state index contributed by atoms with van der Waals surface area (Å²) >= 11 is 0. The molecule has 24 heavy (non-hydrogen) atoms. The first-order valence-electron chi connectivity index (χ1n) is 7.52. The number of hydrogen-bond donors (Lipinski definition) is 1. The lowest BCUT2D eigenvalue weighted by Crippen LogP contribution is -2.38. The standard InChI is InChI=1S/C15H18N4O4S/c1-19(11-6-8-24(21,22)10-11)15(20)13-4-5-14(18-17-13)16-9-12-3-2-7-23-12/h2-5,7,11H,6,8-10H2,1H3,(H,16,18). The fraction of sp³-hybridized carbons (Fsp3) is 0.400. The van der Waals surface area contributed by atoms with Crippen molar-refractivity contribution in [1.29, 1.82) is 0 Å². The van der Waals surface area contributed by atoms with Crippen LogP contribution in [-0.4, -0.2) is 54.0 Å². The number of hydrogen-bond acceptors (Lipinski definition) is 7. The smallest absolute Gasteiger partial charge is 0.274 e. The predicted molar refractivity (Wildman–Crippen MR) is 87.2 cm³/mol. The Balaban J connectivity index is 1.61. The van der Waals surface area contributed by atoms with Crippen LogP contribution in [0.1, 0.15) is 22.7 Å². The Hall–Kier alpha value is -2.42. The number of nitrogens with one attached hydrogen (secondary N) is 1. The molecule has 1 aliphatic heterocycles. The number of carbonyl (C=O) groups is 1. The molecule has 1 fully saturated rings. The summed E-state index contributed by atoms with van der Waals surface area (Å²) in [7, 11) is -1.44. The van der Waals surface area contributed by atoms with E-state index in [2.05, 4.69) is 15.5 Å². The van der Waals surface area contributed by atoms with Crippen LogP contribution in [-0.2, 0) is 16.4 Å². The monoisotopic (exact) mass is 350 g/mol. The van der Waals surface area contributed by atoms with Gasteiger partial charge in [0.25, 0.3) is 5.91 Å². The maximum absolute atomic E-state index is 12.4. The van der Waals surface area contributed by atoms with E-state index in [1.807, 2.05) is 6.07 Å². The molecule has 9 heteroatoms. The maximum Gasteiger partial charge on any atom is 0.274 e. The minimum atomic E-state index is -3.04. The van der Waals surface area contributed by atoms with Crippen LogP contribution in [0.4, 0.5) is 5.82 Å². The van der Waals surface area contributed by atoms with Gasteiger partial charge in [-0.15, -0.1) is 10.2 Å². The molecule has 1 atom stereocenters. The number of nitrogens with zero attached hydrogens (tertiary/aromatic N) is 3. The first-order valence-corrected chi connectivity index (χ1v) is 9.34. The Bertz CT molecular complexity index is 803.